The highest BCUT2D eigenvalue weighted by Gasteiger charge is 2.21. The van der Waals surface area contributed by atoms with E-state index < -0.39 is 0 Å². The number of carbonyl (C=O) groups is 2. The largest absolute Gasteiger partial charge is 0.349 e. The van der Waals surface area contributed by atoms with Crippen molar-refractivity contribution in [3.63, 3.8) is 0 Å². The molecule has 0 bridgehead atoms. The van der Waals surface area contributed by atoms with Crippen molar-refractivity contribution in [2.75, 3.05) is 13.1 Å². The van der Waals surface area contributed by atoms with Crippen molar-refractivity contribution >= 4 is 24.1 Å². The van der Waals surface area contributed by atoms with Crippen LogP contribution in [0.1, 0.15) is 39.1 Å². The van der Waals surface area contributed by atoms with Gasteiger partial charge in [0.05, 0.1) is 5.56 Å². The predicted octanol–water partition coefficient (Wildman–Crippen LogP) is 2.82. The summed E-state index contributed by atoms with van der Waals surface area (Å²) in [4.78, 5) is 25.3. The maximum atomic E-state index is 12.7. The summed E-state index contributed by atoms with van der Waals surface area (Å²) in [5.74, 6) is -0.293. The molecule has 2 N–H and O–H groups in total. The van der Waals surface area contributed by atoms with Gasteiger partial charge < -0.3 is 10.6 Å². The third kappa shape index (κ3) is 4.22. The number of amides is 1. The van der Waals surface area contributed by atoms with Crippen LogP contribution in [0.4, 0.5) is 0 Å². The molecule has 126 valence electrons. The molecule has 1 saturated heterocycles. The third-order valence-electron chi connectivity index (χ3n) is 4.13. The standard InChI is InChI=1S/C19H20N2O2.ClH/c22-18(14-6-2-1-3-7-14)16-8-4-5-9-17(16)19(23)21-15-10-12-20-13-11-15;/h1-9,15,20H,10-13H2,(H,21,23);1H. The number of hydrogen-bond acceptors (Lipinski definition) is 3. The van der Waals surface area contributed by atoms with Crippen LogP contribution in [-0.4, -0.2) is 30.8 Å². The van der Waals surface area contributed by atoms with Gasteiger partial charge in [-0.1, -0.05) is 48.5 Å². The Balaban J connectivity index is 0.00000208. The Kier molecular flexibility index (Phi) is 6.53. The van der Waals surface area contributed by atoms with Crippen molar-refractivity contribution in [3.05, 3.63) is 71.3 Å². The quantitative estimate of drug-likeness (QED) is 0.838. The van der Waals surface area contributed by atoms with Gasteiger partial charge in [-0.3, -0.25) is 9.59 Å². The second-order valence-electron chi connectivity index (χ2n) is 5.74. The Bertz CT molecular complexity index is 698. The highest BCUT2D eigenvalue weighted by atomic mass is 35.5. The van der Waals surface area contributed by atoms with E-state index >= 15 is 0 Å². The fourth-order valence-electron chi connectivity index (χ4n) is 2.85. The van der Waals surface area contributed by atoms with E-state index in [1.165, 1.54) is 0 Å². The monoisotopic (exact) mass is 344 g/mol. The summed E-state index contributed by atoms with van der Waals surface area (Å²) in [6.07, 6.45) is 1.83. The highest BCUT2D eigenvalue weighted by molar-refractivity contribution is 6.15. The van der Waals surface area contributed by atoms with Crippen molar-refractivity contribution in [3.8, 4) is 0 Å². The molecule has 2 aromatic carbocycles. The van der Waals surface area contributed by atoms with Crippen molar-refractivity contribution in [2.24, 2.45) is 0 Å². The Morgan fingerprint density at radius 3 is 2.12 bits per heavy atom. The van der Waals surface area contributed by atoms with Crippen LogP contribution >= 0.6 is 12.4 Å². The van der Waals surface area contributed by atoms with E-state index in [0.29, 0.717) is 16.7 Å². The summed E-state index contributed by atoms with van der Waals surface area (Å²) in [7, 11) is 0. The summed E-state index contributed by atoms with van der Waals surface area (Å²) in [6.45, 7) is 1.82. The van der Waals surface area contributed by atoms with Crippen molar-refractivity contribution in [1.82, 2.24) is 10.6 Å². The van der Waals surface area contributed by atoms with E-state index in [1.807, 2.05) is 18.2 Å². The number of ketones is 1. The highest BCUT2D eigenvalue weighted by Crippen LogP contribution is 2.15. The molecule has 0 radical (unpaired) electrons. The first-order valence-corrected chi connectivity index (χ1v) is 7.96. The molecule has 1 aliphatic rings. The molecule has 5 heteroatoms. The van der Waals surface area contributed by atoms with Gasteiger partial charge in [-0.2, -0.15) is 0 Å². The van der Waals surface area contributed by atoms with Crippen LogP contribution in [0.15, 0.2) is 54.6 Å². The number of halogens is 1. The smallest absolute Gasteiger partial charge is 0.252 e. The minimum Gasteiger partial charge on any atom is -0.349 e. The van der Waals surface area contributed by atoms with E-state index in [2.05, 4.69) is 10.6 Å². The zero-order valence-corrected chi connectivity index (χ0v) is 14.1. The van der Waals surface area contributed by atoms with Gasteiger partial charge in [-0.05, 0) is 32.0 Å². The normalized spacial score (nSPS) is 14.5. The van der Waals surface area contributed by atoms with Crippen LogP contribution in [0.2, 0.25) is 0 Å². The first-order chi connectivity index (χ1) is 11.3. The van der Waals surface area contributed by atoms with Crippen LogP contribution in [0.25, 0.3) is 0 Å². The summed E-state index contributed by atoms with van der Waals surface area (Å²) in [5, 5.41) is 6.32. The second-order valence-corrected chi connectivity index (χ2v) is 5.74. The first-order valence-electron chi connectivity index (χ1n) is 7.96. The third-order valence-corrected chi connectivity index (χ3v) is 4.13. The number of hydrogen-bond donors (Lipinski definition) is 2. The number of piperidine rings is 1. The zero-order valence-electron chi connectivity index (χ0n) is 13.3. The molecule has 0 spiro atoms. The Hall–Kier alpha value is -2.17. The van der Waals surface area contributed by atoms with Gasteiger partial charge >= 0.3 is 0 Å². The molecule has 0 aliphatic carbocycles. The molecule has 2 aromatic rings. The number of benzene rings is 2. The second kappa shape index (κ2) is 8.62. The van der Waals surface area contributed by atoms with E-state index in [4.69, 9.17) is 0 Å². The fraction of sp³-hybridized carbons (Fsp3) is 0.263. The van der Waals surface area contributed by atoms with E-state index in [-0.39, 0.29) is 30.1 Å². The minimum atomic E-state index is -0.170. The maximum absolute atomic E-state index is 12.7. The Labute approximate surface area is 148 Å². The van der Waals surface area contributed by atoms with Gasteiger partial charge in [0.2, 0.25) is 0 Å². The average molecular weight is 345 g/mol. The first kappa shape index (κ1) is 18.2. The number of nitrogens with one attached hydrogen (secondary N) is 2. The molecule has 1 heterocycles. The molecule has 1 fully saturated rings. The average Bonchev–Trinajstić information content (AvgIpc) is 2.62. The van der Waals surface area contributed by atoms with E-state index in [1.54, 1.807) is 36.4 Å². The molecule has 0 aromatic heterocycles. The fourth-order valence-corrected chi connectivity index (χ4v) is 2.85. The summed E-state index contributed by atoms with van der Waals surface area (Å²) in [6, 6.07) is 16.2. The van der Waals surface area contributed by atoms with E-state index in [9.17, 15) is 9.59 Å². The predicted molar refractivity (Wildman–Crippen MR) is 96.9 cm³/mol. The van der Waals surface area contributed by atoms with Gasteiger partial charge in [0.1, 0.15) is 0 Å². The molecule has 0 atom stereocenters. The SMILES string of the molecule is Cl.O=C(NC1CCNCC1)c1ccccc1C(=O)c1ccccc1. The van der Waals surface area contributed by atoms with Crippen LogP contribution < -0.4 is 10.6 Å². The summed E-state index contributed by atoms with van der Waals surface area (Å²) < 4.78 is 0. The van der Waals surface area contributed by atoms with Gasteiger partial charge in [-0.25, -0.2) is 0 Å². The molecule has 0 saturated carbocycles. The zero-order chi connectivity index (χ0) is 16.1. The van der Waals surface area contributed by atoms with Gasteiger partial charge in [0.25, 0.3) is 5.91 Å². The van der Waals surface area contributed by atoms with Crippen molar-refractivity contribution in [2.45, 2.75) is 18.9 Å². The van der Waals surface area contributed by atoms with Gasteiger partial charge in [0, 0.05) is 17.2 Å². The molecule has 3 rings (SSSR count). The lowest BCUT2D eigenvalue weighted by molar-refractivity contribution is 0.0920. The van der Waals surface area contributed by atoms with Crippen LogP contribution in [0, 0.1) is 0 Å². The molecule has 1 amide bonds. The summed E-state index contributed by atoms with van der Waals surface area (Å²) in [5.41, 5.74) is 1.49. The van der Waals surface area contributed by atoms with Crippen molar-refractivity contribution < 1.29 is 9.59 Å². The van der Waals surface area contributed by atoms with Crippen LogP contribution in [-0.2, 0) is 0 Å². The minimum absolute atomic E-state index is 0. The van der Waals surface area contributed by atoms with Crippen LogP contribution in [0.3, 0.4) is 0 Å². The maximum Gasteiger partial charge on any atom is 0.252 e. The number of carbonyl (C=O) groups excluding carboxylic acids is 2. The van der Waals surface area contributed by atoms with Crippen molar-refractivity contribution in [1.29, 1.82) is 0 Å². The lowest BCUT2D eigenvalue weighted by Gasteiger charge is -2.24. The van der Waals surface area contributed by atoms with Gasteiger partial charge in [0.15, 0.2) is 5.78 Å². The van der Waals surface area contributed by atoms with Gasteiger partial charge in [-0.15, -0.1) is 12.4 Å². The van der Waals surface area contributed by atoms with E-state index in [0.717, 1.165) is 25.9 Å². The molecule has 1 aliphatic heterocycles. The Morgan fingerprint density at radius 1 is 0.875 bits per heavy atom. The number of rotatable bonds is 4. The lowest BCUT2D eigenvalue weighted by Crippen LogP contribution is -2.43. The van der Waals surface area contributed by atoms with Crippen LogP contribution in [0.5, 0.6) is 0 Å². The topological polar surface area (TPSA) is 58.2 Å². The molecule has 4 nitrogen and oxygen atoms in total. The molecular weight excluding hydrogens is 324 g/mol. The molecular formula is C19H21ClN2O2. The lowest BCUT2D eigenvalue weighted by atomic mass is 9.97. The Morgan fingerprint density at radius 2 is 1.46 bits per heavy atom. The molecule has 0 unspecified atom stereocenters. The summed E-state index contributed by atoms with van der Waals surface area (Å²) >= 11 is 0. The molecule has 24 heavy (non-hydrogen) atoms.